The SMILES string of the molecule is CCc1cccc(CC)c1N(C(N)=O)c1cnc(-c2ccc(-c3ccccc3CN)cc2)nc1. The summed E-state index contributed by atoms with van der Waals surface area (Å²) in [5.41, 5.74) is 19.4. The van der Waals surface area contributed by atoms with E-state index >= 15 is 0 Å². The molecule has 4 N–H and O–H groups in total. The summed E-state index contributed by atoms with van der Waals surface area (Å²) in [5, 5.41) is 0. The van der Waals surface area contributed by atoms with Gasteiger partial charge >= 0.3 is 6.03 Å². The number of nitrogens with zero attached hydrogens (tertiary/aromatic N) is 3. The number of primary amides is 1. The maximum Gasteiger partial charge on any atom is 0.324 e. The van der Waals surface area contributed by atoms with E-state index in [1.807, 2.05) is 60.7 Å². The first-order chi connectivity index (χ1) is 16.6. The third-order valence-electron chi connectivity index (χ3n) is 6.00. The summed E-state index contributed by atoms with van der Waals surface area (Å²) in [5.74, 6) is 0.575. The van der Waals surface area contributed by atoms with Gasteiger partial charge in [0.1, 0.15) is 0 Å². The van der Waals surface area contributed by atoms with Crippen molar-refractivity contribution in [1.82, 2.24) is 9.97 Å². The van der Waals surface area contributed by atoms with Gasteiger partial charge in [-0.2, -0.15) is 0 Å². The number of hydrogen-bond donors (Lipinski definition) is 2. The molecule has 0 saturated heterocycles. The van der Waals surface area contributed by atoms with Crippen molar-refractivity contribution >= 4 is 17.4 Å². The van der Waals surface area contributed by atoms with Crippen molar-refractivity contribution in [3.63, 3.8) is 0 Å². The van der Waals surface area contributed by atoms with Gasteiger partial charge in [-0.05, 0) is 40.7 Å². The minimum absolute atomic E-state index is 0.486. The van der Waals surface area contributed by atoms with Gasteiger partial charge in [-0.15, -0.1) is 0 Å². The van der Waals surface area contributed by atoms with Gasteiger partial charge in [0.05, 0.1) is 23.8 Å². The van der Waals surface area contributed by atoms with E-state index in [0.717, 1.165) is 51.9 Å². The lowest BCUT2D eigenvalue weighted by molar-refractivity contribution is 0.256. The van der Waals surface area contributed by atoms with Crippen molar-refractivity contribution in [2.24, 2.45) is 11.5 Å². The highest BCUT2D eigenvalue weighted by atomic mass is 16.2. The molecule has 4 aromatic rings. The van der Waals surface area contributed by atoms with Crippen LogP contribution >= 0.6 is 0 Å². The second kappa shape index (κ2) is 10.3. The van der Waals surface area contributed by atoms with E-state index in [9.17, 15) is 4.79 Å². The number of para-hydroxylation sites is 1. The van der Waals surface area contributed by atoms with E-state index in [4.69, 9.17) is 11.5 Å². The number of amides is 2. The molecule has 2 amide bonds. The van der Waals surface area contributed by atoms with Gasteiger partial charge in [0.15, 0.2) is 5.82 Å². The summed E-state index contributed by atoms with van der Waals surface area (Å²) in [7, 11) is 0. The maximum atomic E-state index is 12.5. The number of anilines is 2. The molecule has 6 heteroatoms. The third-order valence-corrected chi connectivity index (χ3v) is 6.00. The molecule has 0 unspecified atom stereocenters. The summed E-state index contributed by atoms with van der Waals surface area (Å²) in [6, 6.07) is 21.7. The smallest absolute Gasteiger partial charge is 0.324 e. The Labute approximate surface area is 200 Å². The Balaban J connectivity index is 1.66. The highest BCUT2D eigenvalue weighted by molar-refractivity contribution is 5.99. The summed E-state index contributed by atoms with van der Waals surface area (Å²) in [6.45, 7) is 4.61. The molecule has 0 saturated carbocycles. The number of carbonyl (C=O) groups is 1. The van der Waals surface area contributed by atoms with E-state index < -0.39 is 6.03 Å². The summed E-state index contributed by atoms with van der Waals surface area (Å²) < 4.78 is 0. The van der Waals surface area contributed by atoms with Crippen LogP contribution in [0.2, 0.25) is 0 Å². The zero-order chi connectivity index (χ0) is 24.1. The van der Waals surface area contributed by atoms with Crippen LogP contribution in [0.3, 0.4) is 0 Å². The number of aryl methyl sites for hydroxylation is 2. The van der Waals surface area contributed by atoms with E-state index in [2.05, 4.69) is 29.9 Å². The number of rotatable bonds is 7. The van der Waals surface area contributed by atoms with Crippen molar-refractivity contribution in [1.29, 1.82) is 0 Å². The molecule has 6 nitrogen and oxygen atoms in total. The molecule has 172 valence electrons. The molecule has 0 atom stereocenters. The van der Waals surface area contributed by atoms with E-state index in [1.54, 1.807) is 12.4 Å². The fourth-order valence-electron chi connectivity index (χ4n) is 4.23. The molecule has 0 spiro atoms. The quantitative estimate of drug-likeness (QED) is 0.381. The average Bonchev–Trinajstić information content (AvgIpc) is 2.89. The first-order valence-electron chi connectivity index (χ1n) is 11.5. The van der Waals surface area contributed by atoms with Crippen LogP contribution in [-0.4, -0.2) is 16.0 Å². The average molecular weight is 452 g/mol. The molecule has 1 heterocycles. The molecule has 0 bridgehead atoms. The molecule has 4 rings (SSSR count). The highest BCUT2D eigenvalue weighted by Crippen LogP contribution is 2.33. The van der Waals surface area contributed by atoms with Gasteiger partial charge in [0.25, 0.3) is 0 Å². The van der Waals surface area contributed by atoms with Gasteiger partial charge in [0.2, 0.25) is 0 Å². The number of hydrogen-bond acceptors (Lipinski definition) is 4. The molecule has 1 aromatic heterocycles. The maximum absolute atomic E-state index is 12.5. The minimum Gasteiger partial charge on any atom is -0.351 e. The monoisotopic (exact) mass is 451 g/mol. The molecule has 3 aromatic carbocycles. The van der Waals surface area contributed by atoms with E-state index in [-0.39, 0.29) is 0 Å². The number of nitrogens with two attached hydrogens (primary N) is 2. The lowest BCUT2D eigenvalue weighted by Gasteiger charge is -2.25. The molecular weight excluding hydrogens is 422 g/mol. The molecule has 0 aliphatic carbocycles. The van der Waals surface area contributed by atoms with Crippen LogP contribution in [0, 0.1) is 0 Å². The predicted molar refractivity (Wildman–Crippen MR) is 138 cm³/mol. The number of urea groups is 1. The van der Waals surface area contributed by atoms with Gasteiger partial charge in [-0.3, -0.25) is 4.90 Å². The van der Waals surface area contributed by atoms with Crippen molar-refractivity contribution < 1.29 is 4.79 Å². The Bertz CT molecular complexity index is 1260. The molecule has 34 heavy (non-hydrogen) atoms. The Morgan fingerprint density at radius 1 is 0.794 bits per heavy atom. The predicted octanol–water partition coefficient (Wildman–Crippen LogP) is 5.61. The van der Waals surface area contributed by atoms with Crippen LogP contribution < -0.4 is 16.4 Å². The number of carbonyl (C=O) groups excluding carboxylic acids is 1. The molecule has 0 aliphatic rings. The van der Waals surface area contributed by atoms with Crippen LogP contribution in [0.15, 0.2) is 79.1 Å². The van der Waals surface area contributed by atoms with Crippen molar-refractivity contribution in [2.75, 3.05) is 4.90 Å². The zero-order valence-corrected chi connectivity index (χ0v) is 19.5. The molecular formula is C28H29N5O. The fourth-order valence-corrected chi connectivity index (χ4v) is 4.23. The Morgan fingerprint density at radius 2 is 1.35 bits per heavy atom. The van der Waals surface area contributed by atoms with Gasteiger partial charge < -0.3 is 11.5 Å². The lowest BCUT2D eigenvalue weighted by atomic mass is 9.98. The third kappa shape index (κ3) is 4.54. The first-order valence-corrected chi connectivity index (χ1v) is 11.5. The van der Waals surface area contributed by atoms with E-state index in [1.165, 1.54) is 4.90 Å². The normalized spacial score (nSPS) is 10.8. The van der Waals surface area contributed by atoms with Crippen LogP contribution in [0.4, 0.5) is 16.2 Å². The van der Waals surface area contributed by atoms with Crippen LogP contribution in [0.1, 0.15) is 30.5 Å². The largest absolute Gasteiger partial charge is 0.351 e. The van der Waals surface area contributed by atoms with Crippen LogP contribution in [-0.2, 0) is 19.4 Å². The first kappa shape index (κ1) is 23.1. The summed E-state index contributed by atoms with van der Waals surface area (Å²) >= 11 is 0. The van der Waals surface area contributed by atoms with Crippen molar-refractivity contribution in [3.05, 3.63) is 95.8 Å². The molecule has 0 radical (unpaired) electrons. The summed E-state index contributed by atoms with van der Waals surface area (Å²) in [4.78, 5) is 23.1. The zero-order valence-electron chi connectivity index (χ0n) is 19.5. The van der Waals surface area contributed by atoms with Gasteiger partial charge in [-0.1, -0.05) is 80.6 Å². The number of benzene rings is 3. The van der Waals surface area contributed by atoms with Crippen molar-refractivity contribution in [2.45, 2.75) is 33.2 Å². The van der Waals surface area contributed by atoms with Crippen LogP contribution in [0.5, 0.6) is 0 Å². The fraction of sp³-hybridized carbons (Fsp3) is 0.179. The Kier molecular flexibility index (Phi) is 6.99. The highest BCUT2D eigenvalue weighted by Gasteiger charge is 2.21. The van der Waals surface area contributed by atoms with Gasteiger partial charge in [0, 0.05) is 12.1 Å². The lowest BCUT2D eigenvalue weighted by Crippen LogP contribution is -2.33. The molecule has 0 aliphatic heterocycles. The van der Waals surface area contributed by atoms with Crippen molar-refractivity contribution in [3.8, 4) is 22.5 Å². The van der Waals surface area contributed by atoms with Crippen LogP contribution in [0.25, 0.3) is 22.5 Å². The second-order valence-corrected chi connectivity index (χ2v) is 8.01. The topological polar surface area (TPSA) is 98.1 Å². The summed E-state index contributed by atoms with van der Waals surface area (Å²) in [6.07, 6.45) is 4.87. The molecule has 0 fully saturated rings. The second-order valence-electron chi connectivity index (χ2n) is 8.01. The van der Waals surface area contributed by atoms with E-state index in [0.29, 0.717) is 18.1 Å². The standard InChI is InChI=1S/C28H29N5O/c1-3-19-9-7-10-20(4-2)26(19)33(28(30)34)24-17-31-27(32-18-24)22-14-12-21(13-15-22)25-11-6-5-8-23(25)16-29/h5-15,17-18H,3-4,16,29H2,1-2H3,(H2,30,34). The Morgan fingerprint density at radius 3 is 1.91 bits per heavy atom. The minimum atomic E-state index is -0.560. The van der Waals surface area contributed by atoms with Gasteiger partial charge in [-0.25, -0.2) is 14.8 Å². The number of aromatic nitrogens is 2. The Hall–Kier alpha value is -4.03.